The van der Waals surface area contributed by atoms with Gasteiger partial charge in [0.25, 0.3) is 0 Å². The average Bonchev–Trinajstić information content (AvgIpc) is 2.68. The molecule has 8 nitrogen and oxygen atoms in total. The highest BCUT2D eigenvalue weighted by molar-refractivity contribution is 5.94. The van der Waals surface area contributed by atoms with E-state index in [0.717, 1.165) is 31.7 Å². The standard InChI is InChI=1S/C19H25N5O3/c1-4-23-13-16(19(26)27-5-2)18(25)15-7-6-14(12-17(15)23)20-21-24-10-8-22(3)9-11-24/h6-7,12-13H,4-5,8-11H2,1-3H3/b21-20+. The topological polar surface area (TPSA) is 79.5 Å². The second-order valence-electron chi connectivity index (χ2n) is 6.53. The summed E-state index contributed by atoms with van der Waals surface area (Å²) in [5.74, 6) is -0.592. The van der Waals surface area contributed by atoms with E-state index in [1.807, 2.05) is 22.6 Å². The van der Waals surface area contributed by atoms with Crippen LogP contribution < -0.4 is 5.43 Å². The van der Waals surface area contributed by atoms with Gasteiger partial charge in [-0.3, -0.25) is 9.80 Å². The van der Waals surface area contributed by atoms with Crippen molar-refractivity contribution in [3.8, 4) is 0 Å². The van der Waals surface area contributed by atoms with Crippen LogP contribution in [0.15, 0.2) is 39.5 Å². The highest BCUT2D eigenvalue weighted by Crippen LogP contribution is 2.21. The van der Waals surface area contributed by atoms with Gasteiger partial charge in [-0.05, 0) is 39.1 Å². The molecule has 0 amide bonds. The Hall–Kier alpha value is -2.74. The number of aryl methyl sites for hydroxylation is 1. The first-order chi connectivity index (χ1) is 13.0. The zero-order valence-electron chi connectivity index (χ0n) is 16.0. The van der Waals surface area contributed by atoms with E-state index in [1.165, 1.54) is 0 Å². The van der Waals surface area contributed by atoms with Gasteiger partial charge in [-0.1, -0.05) is 5.22 Å². The van der Waals surface area contributed by atoms with Crippen molar-refractivity contribution in [2.45, 2.75) is 20.4 Å². The maximum Gasteiger partial charge on any atom is 0.343 e. The van der Waals surface area contributed by atoms with Crippen LogP contribution in [0.3, 0.4) is 0 Å². The third-order valence-electron chi connectivity index (χ3n) is 4.67. The van der Waals surface area contributed by atoms with E-state index >= 15 is 0 Å². The molecule has 1 aliphatic heterocycles. The Kier molecular flexibility index (Phi) is 5.85. The second kappa shape index (κ2) is 8.30. The zero-order valence-corrected chi connectivity index (χ0v) is 16.0. The molecule has 27 heavy (non-hydrogen) atoms. The van der Waals surface area contributed by atoms with Crippen molar-refractivity contribution >= 4 is 22.6 Å². The van der Waals surface area contributed by atoms with Gasteiger partial charge in [0.05, 0.1) is 30.9 Å². The van der Waals surface area contributed by atoms with E-state index in [1.54, 1.807) is 25.3 Å². The average molecular weight is 371 g/mol. The first-order valence-corrected chi connectivity index (χ1v) is 9.23. The molecule has 144 valence electrons. The first-order valence-electron chi connectivity index (χ1n) is 9.23. The maximum atomic E-state index is 12.7. The minimum Gasteiger partial charge on any atom is -0.462 e. The van der Waals surface area contributed by atoms with Crippen molar-refractivity contribution in [2.24, 2.45) is 10.3 Å². The molecule has 0 bridgehead atoms. The number of esters is 1. The van der Waals surface area contributed by atoms with Gasteiger partial charge in [0.15, 0.2) is 0 Å². The summed E-state index contributed by atoms with van der Waals surface area (Å²) in [6.45, 7) is 8.13. The van der Waals surface area contributed by atoms with Crippen LogP contribution in [0.4, 0.5) is 5.69 Å². The van der Waals surface area contributed by atoms with E-state index in [0.29, 0.717) is 17.6 Å². The third-order valence-corrected chi connectivity index (χ3v) is 4.67. The van der Waals surface area contributed by atoms with Crippen LogP contribution in [0.2, 0.25) is 0 Å². The molecule has 1 saturated heterocycles. The van der Waals surface area contributed by atoms with Crippen LogP contribution in [0.25, 0.3) is 10.9 Å². The number of hydrogen-bond donors (Lipinski definition) is 0. The van der Waals surface area contributed by atoms with Gasteiger partial charge < -0.3 is 14.2 Å². The molecular formula is C19H25N5O3. The Bertz CT molecular complexity index is 913. The lowest BCUT2D eigenvalue weighted by Gasteiger charge is -2.29. The molecule has 1 fully saturated rings. The maximum absolute atomic E-state index is 12.7. The van der Waals surface area contributed by atoms with Crippen molar-refractivity contribution in [1.29, 1.82) is 0 Å². The van der Waals surface area contributed by atoms with Crippen LogP contribution in [-0.4, -0.2) is 60.3 Å². The molecule has 0 spiro atoms. The number of aromatic nitrogens is 1. The van der Waals surface area contributed by atoms with E-state index in [4.69, 9.17) is 4.74 Å². The molecule has 0 atom stereocenters. The van der Waals surface area contributed by atoms with Crippen molar-refractivity contribution in [2.75, 3.05) is 39.8 Å². The van der Waals surface area contributed by atoms with Gasteiger partial charge in [-0.25, -0.2) is 4.79 Å². The SMILES string of the molecule is CCOC(=O)c1cn(CC)c2cc(/N=N/N3CCN(C)CC3)ccc2c1=O. The minimum absolute atomic E-state index is 0.0537. The van der Waals surface area contributed by atoms with Crippen LogP contribution in [0.1, 0.15) is 24.2 Å². The summed E-state index contributed by atoms with van der Waals surface area (Å²) in [5, 5.41) is 11.1. The molecule has 1 aromatic heterocycles. The minimum atomic E-state index is -0.592. The molecule has 2 aromatic rings. The predicted molar refractivity (Wildman–Crippen MR) is 103 cm³/mol. The Morgan fingerprint density at radius 3 is 2.59 bits per heavy atom. The molecule has 0 radical (unpaired) electrons. The largest absolute Gasteiger partial charge is 0.462 e. The summed E-state index contributed by atoms with van der Waals surface area (Å²) in [5.41, 5.74) is 1.13. The predicted octanol–water partition coefficient (Wildman–Crippen LogP) is 2.44. The molecule has 0 aliphatic carbocycles. The first kappa shape index (κ1) is 19.0. The quantitative estimate of drug-likeness (QED) is 0.596. The van der Waals surface area contributed by atoms with Gasteiger partial charge in [-0.15, -0.1) is 5.11 Å². The summed E-state index contributed by atoms with van der Waals surface area (Å²) in [7, 11) is 2.09. The lowest BCUT2D eigenvalue weighted by Crippen LogP contribution is -2.41. The summed E-state index contributed by atoms with van der Waals surface area (Å²) < 4.78 is 6.86. The fraction of sp³-hybridized carbons (Fsp3) is 0.474. The molecule has 1 aliphatic rings. The van der Waals surface area contributed by atoms with Crippen LogP contribution in [0.5, 0.6) is 0 Å². The van der Waals surface area contributed by atoms with E-state index in [9.17, 15) is 9.59 Å². The van der Waals surface area contributed by atoms with Crippen molar-refractivity contribution in [1.82, 2.24) is 14.5 Å². The number of ether oxygens (including phenoxy) is 1. The molecule has 8 heteroatoms. The van der Waals surface area contributed by atoms with Crippen LogP contribution in [-0.2, 0) is 11.3 Å². The summed E-state index contributed by atoms with van der Waals surface area (Å²) in [6, 6.07) is 5.28. The molecule has 2 heterocycles. The fourth-order valence-electron chi connectivity index (χ4n) is 3.06. The third kappa shape index (κ3) is 4.16. The van der Waals surface area contributed by atoms with Crippen molar-refractivity contribution in [3.63, 3.8) is 0 Å². The van der Waals surface area contributed by atoms with E-state index in [-0.39, 0.29) is 17.6 Å². The molecule has 0 unspecified atom stereocenters. The Labute approximate surface area is 158 Å². The van der Waals surface area contributed by atoms with Gasteiger partial charge in [0, 0.05) is 31.2 Å². The Morgan fingerprint density at radius 1 is 1.19 bits per heavy atom. The summed E-state index contributed by atoms with van der Waals surface area (Å²) >= 11 is 0. The lowest BCUT2D eigenvalue weighted by atomic mass is 10.1. The summed E-state index contributed by atoms with van der Waals surface area (Å²) in [4.78, 5) is 27.0. The number of fused-ring (bicyclic) bond motifs is 1. The van der Waals surface area contributed by atoms with Gasteiger partial charge in [0.1, 0.15) is 5.56 Å². The number of pyridine rings is 1. The van der Waals surface area contributed by atoms with Gasteiger partial charge in [0.2, 0.25) is 5.43 Å². The molecule has 1 aromatic carbocycles. The fourth-order valence-corrected chi connectivity index (χ4v) is 3.06. The second-order valence-corrected chi connectivity index (χ2v) is 6.53. The number of likely N-dealkylation sites (N-methyl/N-ethyl adjacent to an activating group) is 1. The normalized spacial score (nSPS) is 15.6. The number of piperazine rings is 1. The Morgan fingerprint density at radius 2 is 1.93 bits per heavy atom. The summed E-state index contributed by atoms with van der Waals surface area (Å²) in [6.07, 6.45) is 1.56. The number of nitrogens with zero attached hydrogens (tertiary/aromatic N) is 5. The molecule has 0 saturated carbocycles. The highest BCUT2D eigenvalue weighted by Gasteiger charge is 2.16. The van der Waals surface area contributed by atoms with Crippen molar-refractivity contribution in [3.05, 3.63) is 40.2 Å². The van der Waals surface area contributed by atoms with Crippen molar-refractivity contribution < 1.29 is 9.53 Å². The number of carbonyl (C=O) groups is 1. The number of carbonyl (C=O) groups excluding carboxylic acids is 1. The number of hydrogen-bond acceptors (Lipinski definition) is 6. The molecule has 3 rings (SSSR count). The van der Waals surface area contributed by atoms with Crippen LogP contribution in [0, 0.1) is 0 Å². The van der Waals surface area contributed by atoms with Gasteiger partial charge in [-0.2, -0.15) is 0 Å². The zero-order chi connectivity index (χ0) is 19.4. The number of benzene rings is 1. The van der Waals surface area contributed by atoms with E-state index < -0.39 is 5.97 Å². The van der Waals surface area contributed by atoms with E-state index in [2.05, 4.69) is 22.3 Å². The van der Waals surface area contributed by atoms with Crippen LogP contribution >= 0.6 is 0 Å². The Balaban J connectivity index is 1.94. The highest BCUT2D eigenvalue weighted by atomic mass is 16.5. The monoisotopic (exact) mass is 371 g/mol. The number of rotatable bonds is 5. The lowest BCUT2D eigenvalue weighted by molar-refractivity contribution is 0.0524. The molecular weight excluding hydrogens is 346 g/mol. The molecule has 0 N–H and O–H groups in total. The smallest absolute Gasteiger partial charge is 0.343 e. The van der Waals surface area contributed by atoms with Gasteiger partial charge >= 0.3 is 5.97 Å².